The molecule has 1 atom stereocenters. The van der Waals surface area contributed by atoms with Crippen LogP contribution in [0.5, 0.6) is 0 Å². The molecule has 2 N–H and O–H groups in total. The normalized spacial score (nSPS) is 22.3. The van der Waals surface area contributed by atoms with E-state index in [0.29, 0.717) is 18.7 Å². The Balaban J connectivity index is 1.58. The third-order valence-electron chi connectivity index (χ3n) is 4.17. The van der Waals surface area contributed by atoms with E-state index in [1.165, 1.54) is 6.20 Å². The number of aromatic nitrogens is 2. The van der Waals surface area contributed by atoms with Crippen LogP contribution < -0.4 is 15.8 Å². The highest BCUT2D eigenvalue weighted by Crippen LogP contribution is 2.49. The Morgan fingerprint density at radius 2 is 2.21 bits per heavy atom. The van der Waals surface area contributed by atoms with E-state index in [1.54, 1.807) is 4.90 Å². The lowest BCUT2D eigenvalue weighted by Crippen LogP contribution is -2.48. The third kappa shape index (κ3) is 3.14. The van der Waals surface area contributed by atoms with Crippen molar-refractivity contribution in [3.05, 3.63) is 21.6 Å². The summed E-state index contributed by atoms with van der Waals surface area (Å²) in [6, 6.07) is 0. The van der Waals surface area contributed by atoms with E-state index in [1.807, 2.05) is 5.32 Å². The summed E-state index contributed by atoms with van der Waals surface area (Å²) in [6.45, 7) is 0.657. The van der Waals surface area contributed by atoms with Gasteiger partial charge in [0.15, 0.2) is 0 Å². The highest BCUT2D eigenvalue weighted by atomic mass is 35.5. The lowest BCUT2D eigenvalue weighted by Gasteiger charge is -2.22. The van der Waals surface area contributed by atoms with E-state index < -0.39 is 29.5 Å². The second-order valence-electron chi connectivity index (χ2n) is 5.87. The second-order valence-corrected chi connectivity index (χ2v) is 6.24. The topological polar surface area (TPSA) is 87.3 Å². The number of halogens is 4. The van der Waals surface area contributed by atoms with Crippen LogP contribution in [-0.2, 0) is 4.74 Å². The molecule has 3 rings (SSSR count). The fraction of sp³-hybridized carbons (Fsp3) is 0.615. The molecule has 2 heterocycles. The van der Waals surface area contributed by atoms with Crippen molar-refractivity contribution in [1.29, 1.82) is 0 Å². The Hall–Kier alpha value is -1.97. The highest BCUT2D eigenvalue weighted by Gasteiger charge is 2.64. The van der Waals surface area contributed by atoms with Crippen molar-refractivity contribution in [3.63, 3.8) is 0 Å². The number of alkyl halides is 3. The largest absolute Gasteiger partial charge is 0.444 e. The lowest BCUT2D eigenvalue weighted by atomic mass is 10.3. The Morgan fingerprint density at radius 1 is 1.50 bits per heavy atom. The number of aromatic amines is 1. The predicted octanol–water partition coefficient (Wildman–Crippen LogP) is 1.82. The summed E-state index contributed by atoms with van der Waals surface area (Å²) in [5, 5.41) is 7.71. The summed E-state index contributed by atoms with van der Waals surface area (Å²) < 4.78 is 43.5. The van der Waals surface area contributed by atoms with E-state index in [0.717, 1.165) is 0 Å². The van der Waals surface area contributed by atoms with Crippen molar-refractivity contribution in [2.45, 2.75) is 37.1 Å². The predicted molar refractivity (Wildman–Crippen MR) is 78.1 cm³/mol. The number of anilines is 1. The SMILES string of the molecule is O=C(NC1(C(F)(F)F)CC1)O[C@@H]1CCN(c2cn[nH]c(=O)c2Cl)C1. The summed E-state index contributed by atoms with van der Waals surface area (Å²) in [6.07, 6.45) is -4.67. The lowest BCUT2D eigenvalue weighted by molar-refractivity contribution is -0.164. The van der Waals surface area contributed by atoms with Crippen molar-refractivity contribution in [2.75, 3.05) is 18.0 Å². The van der Waals surface area contributed by atoms with Crippen LogP contribution in [0.15, 0.2) is 11.0 Å². The van der Waals surface area contributed by atoms with Gasteiger partial charge in [-0.3, -0.25) is 4.79 Å². The Morgan fingerprint density at radius 3 is 2.83 bits per heavy atom. The number of rotatable bonds is 3. The van der Waals surface area contributed by atoms with Gasteiger partial charge in [0.1, 0.15) is 16.7 Å². The maximum Gasteiger partial charge on any atom is 0.411 e. The van der Waals surface area contributed by atoms with Gasteiger partial charge >= 0.3 is 12.3 Å². The molecule has 11 heteroatoms. The first-order valence-electron chi connectivity index (χ1n) is 7.25. The summed E-state index contributed by atoms with van der Waals surface area (Å²) in [5.41, 5.74) is -2.31. The van der Waals surface area contributed by atoms with Crippen molar-refractivity contribution >= 4 is 23.4 Å². The van der Waals surface area contributed by atoms with Crippen molar-refractivity contribution in [3.8, 4) is 0 Å². The smallest absolute Gasteiger partial charge is 0.411 e. The number of nitrogens with one attached hydrogen (secondary N) is 2. The maximum absolute atomic E-state index is 12.8. The van der Waals surface area contributed by atoms with E-state index in [4.69, 9.17) is 16.3 Å². The number of carbonyl (C=O) groups excluding carboxylic acids is 1. The molecule has 0 spiro atoms. The van der Waals surface area contributed by atoms with Gasteiger partial charge in [-0.25, -0.2) is 9.89 Å². The summed E-state index contributed by atoms with van der Waals surface area (Å²) >= 11 is 5.90. The number of hydrogen-bond donors (Lipinski definition) is 2. The van der Waals surface area contributed by atoms with E-state index in [9.17, 15) is 22.8 Å². The first kappa shape index (κ1) is 16.9. The zero-order valence-corrected chi connectivity index (χ0v) is 13.1. The maximum atomic E-state index is 12.8. The third-order valence-corrected chi connectivity index (χ3v) is 4.54. The van der Waals surface area contributed by atoms with Crippen LogP contribution in [0.1, 0.15) is 19.3 Å². The molecule has 0 radical (unpaired) electrons. The van der Waals surface area contributed by atoms with Crippen LogP contribution >= 0.6 is 11.6 Å². The number of nitrogens with zero attached hydrogens (tertiary/aromatic N) is 2. The molecule has 0 bridgehead atoms. The van der Waals surface area contributed by atoms with Gasteiger partial charge < -0.3 is 15.0 Å². The molecule has 0 unspecified atom stereocenters. The summed E-state index contributed by atoms with van der Waals surface area (Å²) in [5.74, 6) is 0. The van der Waals surface area contributed by atoms with Crippen LogP contribution in [0.25, 0.3) is 0 Å². The zero-order valence-electron chi connectivity index (χ0n) is 12.3. The molecule has 1 saturated carbocycles. The molecule has 1 aliphatic carbocycles. The first-order chi connectivity index (χ1) is 11.2. The number of ether oxygens (including phenoxy) is 1. The monoisotopic (exact) mass is 366 g/mol. The van der Waals surface area contributed by atoms with Gasteiger partial charge in [-0.2, -0.15) is 18.3 Å². The quantitative estimate of drug-likeness (QED) is 0.852. The molecule has 1 aromatic rings. The molecule has 7 nitrogen and oxygen atoms in total. The van der Waals surface area contributed by atoms with Crippen LogP contribution in [0.4, 0.5) is 23.7 Å². The van der Waals surface area contributed by atoms with Gasteiger partial charge in [-0.1, -0.05) is 11.6 Å². The van der Waals surface area contributed by atoms with Gasteiger partial charge in [0.25, 0.3) is 5.56 Å². The average Bonchev–Trinajstić information content (AvgIpc) is 3.13. The van der Waals surface area contributed by atoms with Crippen LogP contribution in [0.3, 0.4) is 0 Å². The molecule has 1 aromatic heterocycles. The molecular formula is C13H14ClF3N4O3. The van der Waals surface area contributed by atoms with Gasteiger partial charge in [-0.15, -0.1) is 0 Å². The molecule has 132 valence electrons. The standard InChI is InChI=1S/C13H14ClF3N4O3/c14-9-8(5-18-20-10(9)22)21-4-1-7(6-21)24-11(23)19-12(2-3-12)13(15,16)17/h5,7H,1-4,6H2,(H,19,23)(H,20,22)/t7-/m1/s1. The molecule has 1 amide bonds. The minimum absolute atomic E-state index is 0.0379. The fourth-order valence-corrected chi connectivity index (χ4v) is 2.83. The second kappa shape index (κ2) is 5.83. The molecule has 2 aliphatic rings. The molecule has 0 aromatic carbocycles. The summed E-state index contributed by atoms with van der Waals surface area (Å²) in [4.78, 5) is 24.8. The van der Waals surface area contributed by atoms with Gasteiger partial charge in [0.2, 0.25) is 0 Å². The number of amides is 1. The zero-order chi connectivity index (χ0) is 17.5. The van der Waals surface area contributed by atoms with Crippen molar-refractivity contribution < 1.29 is 22.7 Å². The number of carbonyl (C=O) groups is 1. The average molecular weight is 367 g/mol. The van der Waals surface area contributed by atoms with E-state index in [-0.39, 0.29) is 24.4 Å². The minimum Gasteiger partial charge on any atom is -0.444 e. The van der Waals surface area contributed by atoms with Crippen LogP contribution in [0.2, 0.25) is 5.02 Å². The minimum atomic E-state index is -4.49. The molecule has 24 heavy (non-hydrogen) atoms. The molecular weight excluding hydrogens is 353 g/mol. The number of hydrogen-bond acceptors (Lipinski definition) is 5. The Labute approximate surface area is 139 Å². The fourth-order valence-electron chi connectivity index (χ4n) is 2.62. The highest BCUT2D eigenvalue weighted by molar-refractivity contribution is 6.33. The number of alkyl carbamates (subject to hydrolysis) is 1. The van der Waals surface area contributed by atoms with Crippen LogP contribution in [0, 0.1) is 0 Å². The van der Waals surface area contributed by atoms with Gasteiger partial charge in [-0.05, 0) is 12.8 Å². The Kier molecular flexibility index (Phi) is 4.10. The van der Waals surface area contributed by atoms with E-state index in [2.05, 4.69) is 10.2 Å². The molecule has 1 aliphatic heterocycles. The number of H-pyrrole nitrogens is 1. The van der Waals surface area contributed by atoms with Gasteiger partial charge in [0, 0.05) is 13.0 Å². The van der Waals surface area contributed by atoms with Gasteiger partial charge in [0.05, 0.1) is 18.4 Å². The van der Waals surface area contributed by atoms with Crippen molar-refractivity contribution in [1.82, 2.24) is 15.5 Å². The van der Waals surface area contributed by atoms with E-state index >= 15 is 0 Å². The van der Waals surface area contributed by atoms with Crippen molar-refractivity contribution in [2.24, 2.45) is 0 Å². The molecule has 2 fully saturated rings. The first-order valence-corrected chi connectivity index (χ1v) is 7.63. The van der Waals surface area contributed by atoms with Crippen LogP contribution in [-0.4, -0.2) is 47.2 Å². The summed E-state index contributed by atoms with van der Waals surface area (Å²) in [7, 11) is 0. The molecule has 1 saturated heterocycles. The Bertz CT molecular complexity index is 704.